The zero-order valence-corrected chi connectivity index (χ0v) is 14.4. The number of nitrogens with zero attached hydrogens (tertiary/aromatic N) is 1. The molecule has 0 fully saturated rings. The number of halogens is 2. The maximum absolute atomic E-state index is 12.3. The Labute approximate surface area is 144 Å². The summed E-state index contributed by atoms with van der Waals surface area (Å²) in [6.07, 6.45) is 1.61. The van der Waals surface area contributed by atoms with Crippen molar-refractivity contribution in [3.8, 4) is 10.8 Å². The first-order chi connectivity index (χ1) is 10.6. The molecule has 3 rings (SSSR count). The van der Waals surface area contributed by atoms with Gasteiger partial charge in [0.05, 0.1) is 23.5 Å². The van der Waals surface area contributed by atoms with Crippen molar-refractivity contribution >= 4 is 45.3 Å². The number of aromatic nitrogens is 1. The van der Waals surface area contributed by atoms with Crippen LogP contribution in [0.2, 0.25) is 10.0 Å². The van der Waals surface area contributed by atoms with E-state index in [1.807, 2.05) is 17.5 Å². The second kappa shape index (κ2) is 6.96. The van der Waals surface area contributed by atoms with Crippen LogP contribution in [0, 0.1) is 0 Å². The topological polar surface area (TPSA) is 43.1 Å². The molecule has 0 amide bonds. The lowest BCUT2D eigenvalue weighted by atomic mass is 10.2. The minimum atomic E-state index is -1.13. The summed E-state index contributed by atoms with van der Waals surface area (Å²) in [7, 11) is -1.13. The van der Waals surface area contributed by atoms with Crippen LogP contribution in [0.5, 0.6) is 0 Å². The second-order valence-electron chi connectivity index (χ2n) is 4.55. The number of hydrogen-bond donors (Lipinski definition) is 0. The fourth-order valence-electron chi connectivity index (χ4n) is 1.93. The third-order valence-electron chi connectivity index (χ3n) is 2.96. The highest BCUT2D eigenvalue weighted by Gasteiger charge is 2.13. The number of furan rings is 1. The van der Waals surface area contributed by atoms with Crippen LogP contribution < -0.4 is 0 Å². The van der Waals surface area contributed by atoms with Gasteiger partial charge in [-0.3, -0.25) is 4.21 Å². The van der Waals surface area contributed by atoms with E-state index in [9.17, 15) is 4.21 Å². The van der Waals surface area contributed by atoms with Crippen molar-refractivity contribution in [2.24, 2.45) is 0 Å². The molecule has 0 aliphatic rings. The summed E-state index contributed by atoms with van der Waals surface area (Å²) in [6.45, 7) is 0. The van der Waals surface area contributed by atoms with E-state index in [4.69, 9.17) is 27.6 Å². The number of rotatable bonds is 5. The van der Waals surface area contributed by atoms with Gasteiger partial charge in [0.2, 0.25) is 0 Å². The molecule has 3 nitrogen and oxygen atoms in total. The SMILES string of the molecule is O=S(Cc1csc(-c2ccco2)n1)Cc1c(Cl)cccc1Cl. The molecule has 2 aromatic heterocycles. The molecule has 0 saturated heterocycles. The summed E-state index contributed by atoms with van der Waals surface area (Å²) in [5.74, 6) is 1.39. The number of thiazole rings is 1. The lowest BCUT2D eigenvalue weighted by Crippen LogP contribution is -2.01. The van der Waals surface area contributed by atoms with Crippen molar-refractivity contribution in [3.05, 3.63) is 63.3 Å². The summed E-state index contributed by atoms with van der Waals surface area (Å²) < 4.78 is 17.6. The lowest BCUT2D eigenvalue weighted by molar-refractivity contribution is 0.581. The van der Waals surface area contributed by atoms with E-state index in [-0.39, 0.29) is 0 Å². The first-order valence-corrected chi connectivity index (χ1v) is 9.52. The monoisotopic (exact) mass is 371 g/mol. The number of hydrogen-bond acceptors (Lipinski definition) is 4. The maximum atomic E-state index is 12.3. The van der Waals surface area contributed by atoms with E-state index in [1.54, 1.807) is 24.5 Å². The van der Waals surface area contributed by atoms with Gasteiger partial charge in [0.1, 0.15) is 0 Å². The zero-order valence-electron chi connectivity index (χ0n) is 11.3. The predicted molar refractivity (Wildman–Crippen MR) is 91.8 cm³/mol. The van der Waals surface area contributed by atoms with Crippen LogP contribution in [-0.2, 0) is 22.3 Å². The Morgan fingerprint density at radius 2 is 1.91 bits per heavy atom. The molecule has 0 saturated carbocycles. The van der Waals surface area contributed by atoms with Crippen LogP contribution in [0.1, 0.15) is 11.3 Å². The first kappa shape index (κ1) is 15.7. The van der Waals surface area contributed by atoms with E-state index in [1.165, 1.54) is 11.3 Å². The lowest BCUT2D eigenvalue weighted by Gasteiger charge is -2.06. The molecular formula is C15H11Cl2NO2S2. The summed E-state index contributed by atoms with van der Waals surface area (Å²) >= 11 is 13.7. The van der Waals surface area contributed by atoms with Gasteiger partial charge in [0.15, 0.2) is 10.8 Å². The van der Waals surface area contributed by atoms with E-state index < -0.39 is 10.8 Å². The van der Waals surface area contributed by atoms with E-state index in [0.717, 1.165) is 16.5 Å². The summed E-state index contributed by atoms with van der Waals surface area (Å²) in [5, 5.41) is 3.75. The van der Waals surface area contributed by atoms with Crippen molar-refractivity contribution in [3.63, 3.8) is 0 Å². The van der Waals surface area contributed by atoms with Crippen LogP contribution in [0.4, 0.5) is 0 Å². The smallest absolute Gasteiger partial charge is 0.162 e. The minimum absolute atomic E-state index is 0.312. The Morgan fingerprint density at radius 1 is 1.14 bits per heavy atom. The Morgan fingerprint density at radius 3 is 2.59 bits per heavy atom. The molecule has 0 radical (unpaired) electrons. The van der Waals surface area contributed by atoms with Gasteiger partial charge >= 0.3 is 0 Å². The third-order valence-corrected chi connectivity index (χ3v) is 5.80. The molecule has 0 aliphatic heterocycles. The minimum Gasteiger partial charge on any atom is -0.462 e. The Bertz CT molecular complexity index is 779. The Hall–Kier alpha value is -1.14. The van der Waals surface area contributed by atoms with Gasteiger partial charge in [-0.05, 0) is 24.3 Å². The number of benzene rings is 1. The van der Waals surface area contributed by atoms with Gasteiger partial charge in [-0.2, -0.15) is 0 Å². The van der Waals surface area contributed by atoms with Gasteiger partial charge in [0, 0.05) is 31.8 Å². The molecule has 0 N–H and O–H groups in total. The molecule has 0 spiro atoms. The fourth-order valence-corrected chi connectivity index (χ4v) is 4.73. The molecule has 0 aliphatic carbocycles. The highest BCUT2D eigenvalue weighted by atomic mass is 35.5. The normalized spacial score (nSPS) is 12.5. The van der Waals surface area contributed by atoms with E-state index >= 15 is 0 Å². The molecule has 1 unspecified atom stereocenters. The van der Waals surface area contributed by atoms with Crippen LogP contribution in [0.3, 0.4) is 0 Å². The quantitative estimate of drug-likeness (QED) is 0.621. The van der Waals surface area contributed by atoms with Gasteiger partial charge in [-0.1, -0.05) is 29.3 Å². The van der Waals surface area contributed by atoms with Gasteiger partial charge in [-0.25, -0.2) is 4.98 Å². The summed E-state index contributed by atoms with van der Waals surface area (Å²) in [6, 6.07) is 8.93. The average Bonchev–Trinajstić information content (AvgIpc) is 3.13. The van der Waals surface area contributed by atoms with Crippen LogP contribution in [0.15, 0.2) is 46.4 Å². The Kier molecular flexibility index (Phi) is 4.98. The molecule has 1 atom stereocenters. The molecular weight excluding hydrogens is 361 g/mol. The van der Waals surface area contributed by atoms with Crippen molar-refractivity contribution in [2.75, 3.05) is 0 Å². The summed E-state index contributed by atoms with van der Waals surface area (Å²) in [5.41, 5.74) is 1.49. The summed E-state index contributed by atoms with van der Waals surface area (Å²) in [4.78, 5) is 4.44. The molecule has 7 heteroatoms. The highest BCUT2D eigenvalue weighted by Crippen LogP contribution is 2.27. The van der Waals surface area contributed by atoms with E-state index in [0.29, 0.717) is 27.1 Å². The standard InChI is InChI=1S/C15H11Cl2NO2S2/c16-12-3-1-4-13(17)11(12)9-22(19)8-10-7-21-15(18-10)14-5-2-6-20-14/h1-7H,8-9H2. The van der Waals surface area contributed by atoms with Gasteiger partial charge in [0.25, 0.3) is 0 Å². The first-order valence-electron chi connectivity index (χ1n) is 6.39. The van der Waals surface area contributed by atoms with E-state index in [2.05, 4.69) is 4.98 Å². The maximum Gasteiger partial charge on any atom is 0.162 e. The largest absolute Gasteiger partial charge is 0.462 e. The highest BCUT2D eigenvalue weighted by molar-refractivity contribution is 7.83. The Balaban J connectivity index is 1.70. The van der Waals surface area contributed by atoms with Gasteiger partial charge < -0.3 is 4.42 Å². The third kappa shape index (κ3) is 3.60. The van der Waals surface area contributed by atoms with Crippen molar-refractivity contribution in [1.29, 1.82) is 0 Å². The molecule has 3 aromatic rings. The van der Waals surface area contributed by atoms with Crippen LogP contribution in [-0.4, -0.2) is 9.19 Å². The second-order valence-corrected chi connectivity index (χ2v) is 7.68. The van der Waals surface area contributed by atoms with Crippen molar-refractivity contribution in [1.82, 2.24) is 4.98 Å². The van der Waals surface area contributed by atoms with Crippen molar-refractivity contribution < 1.29 is 8.63 Å². The zero-order chi connectivity index (χ0) is 15.5. The molecule has 2 heterocycles. The molecule has 1 aromatic carbocycles. The van der Waals surface area contributed by atoms with Crippen LogP contribution >= 0.6 is 34.5 Å². The predicted octanol–water partition coefficient (Wildman–Crippen LogP) is 5.16. The fraction of sp³-hybridized carbons (Fsp3) is 0.133. The molecule has 22 heavy (non-hydrogen) atoms. The van der Waals surface area contributed by atoms with Crippen LogP contribution in [0.25, 0.3) is 10.8 Å². The van der Waals surface area contributed by atoms with Gasteiger partial charge in [-0.15, -0.1) is 11.3 Å². The molecule has 0 bridgehead atoms. The molecule has 114 valence electrons. The average molecular weight is 372 g/mol. The van der Waals surface area contributed by atoms with Crippen molar-refractivity contribution in [2.45, 2.75) is 11.5 Å².